The lowest BCUT2D eigenvalue weighted by atomic mass is 10.3. The first-order valence-corrected chi connectivity index (χ1v) is 6.59. The first-order valence-electron chi connectivity index (χ1n) is 6.59. The molecule has 0 heterocycles. The quantitative estimate of drug-likeness (QED) is 0.774. The maximum absolute atomic E-state index is 11.3. The number of likely N-dealkylation sites (N-methyl/N-ethyl adjacent to an activating group) is 1. The normalized spacial score (nSPS) is 8.72. The fourth-order valence-corrected chi connectivity index (χ4v) is 1.01. The summed E-state index contributed by atoms with van der Waals surface area (Å²) in [4.78, 5) is 25.6. The summed E-state index contributed by atoms with van der Waals surface area (Å²) in [6.07, 6.45) is 0. The smallest absolute Gasteiger partial charge is 0.236 e. The summed E-state index contributed by atoms with van der Waals surface area (Å²) in [6, 6.07) is 0. The van der Waals surface area contributed by atoms with Crippen LogP contribution in [0.4, 0.5) is 0 Å². The highest BCUT2D eigenvalue weighted by molar-refractivity contribution is 5.85. The van der Waals surface area contributed by atoms with Crippen molar-refractivity contribution in [1.29, 1.82) is 0 Å². The molecular weight excluding hydrogens is 230 g/mol. The third-order valence-corrected chi connectivity index (χ3v) is 1.76. The second kappa shape index (κ2) is 16.1. The number of rotatable bonds is 6. The molecule has 0 aromatic carbocycles. The summed E-state index contributed by atoms with van der Waals surface area (Å²) in [6.45, 7) is 10.9. The van der Waals surface area contributed by atoms with E-state index in [9.17, 15) is 9.59 Å². The van der Waals surface area contributed by atoms with E-state index in [0.29, 0.717) is 6.54 Å². The molecule has 5 nitrogen and oxygen atoms in total. The Bertz CT molecular complexity index is 206. The highest BCUT2D eigenvalue weighted by atomic mass is 16.2. The van der Waals surface area contributed by atoms with Crippen LogP contribution in [0.1, 0.15) is 34.6 Å². The van der Waals surface area contributed by atoms with Crippen LogP contribution in [-0.2, 0) is 9.59 Å². The zero-order chi connectivity index (χ0) is 15.1. The van der Waals surface area contributed by atoms with Crippen molar-refractivity contribution in [1.82, 2.24) is 9.80 Å². The minimum Gasteiger partial charge on any atom is -0.333 e. The molecule has 110 valence electrons. The van der Waals surface area contributed by atoms with Crippen molar-refractivity contribution >= 4 is 11.7 Å². The van der Waals surface area contributed by atoms with Crippen molar-refractivity contribution in [2.24, 2.45) is 5.73 Å². The molecule has 0 aliphatic carbocycles. The average molecular weight is 261 g/mol. The monoisotopic (exact) mass is 261 g/mol. The van der Waals surface area contributed by atoms with Gasteiger partial charge in [0.25, 0.3) is 0 Å². The average Bonchev–Trinajstić information content (AvgIpc) is 2.37. The Labute approximate surface area is 112 Å². The van der Waals surface area contributed by atoms with Gasteiger partial charge in [-0.1, -0.05) is 27.7 Å². The summed E-state index contributed by atoms with van der Waals surface area (Å²) in [5.74, 6) is -0.201. The van der Waals surface area contributed by atoms with Crippen molar-refractivity contribution in [3.8, 4) is 0 Å². The third-order valence-electron chi connectivity index (χ3n) is 1.76. The summed E-state index contributed by atoms with van der Waals surface area (Å²) < 4.78 is 0. The van der Waals surface area contributed by atoms with E-state index in [1.807, 2.05) is 46.7 Å². The van der Waals surface area contributed by atoms with Crippen LogP contribution >= 0.6 is 0 Å². The van der Waals surface area contributed by atoms with Crippen LogP contribution in [-0.4, -0.2) is 61.8 Å². The van der Waals surface area contributed by atoms with E-state index >= 15 is 0 Å². The molecule has 0 aliphatic rings. The Morgan fingerprint density at radius 2 is 1.44 bits per heavy atom. The Morgan fingerprint density at radius 1 is 1.00 bits per heavy atom. The second-order valence-corrected chi connectivity index (χ2v) is 3.52. The molecule has 0 atom stereocenters. The molecule has 0 aliphatic heterocycles. The van der Waals surface area contributed by atoms with Gasteiger partial charge in [0.1, 0.15) is 5.78 Å². The van der Waals surface area contributed by atoms with Gasteiger partial charge >= 0.3 is 0 Å². The number of carbonyl (C=O) groups is 2. The SMILES string of the molecule is CC.CC.CC(=O)CN(CCN(C)C)C(=O)CN. The number of nitrogens with two attached hydrogens (primary N) is 1. The van der Waals surface area contributed by atoms with Crippen molar-refractivity contribution in [2.45, 2.75) is 34.6 Å². The fraction of sp³-hybridized carbons (Fsp3) is 0.846. The van der Waals surface area contributed by atoms with E-state index in [-0.39, 0.29) is 24.8 Å². The van der Waals surface area contributed by atoms with E-state index in [2.05, 4.69) is 0 Å². The van der Waals surface area contributed by atoms with Crippen molar-refractivity contribution < 1.29 is 9.59 Å². The van der Waals surface area contributed by atoms with Crippen LogP contribution in [0.2, 0.25) is 0 Å². The highest BCUT2D eigenvalue weighted by Gasteiger charge is 2.13. The topological polar surface area (TPSA) is 66.6 Å². The van der Waals surface area contributed by atoms with E-state index in [1.165, 1.54) is 11.8 Å². The van der Waals surface area contributed by atoms with Crippen LogP contribution < -0.4 is 5.73 Å². The van der Waals surface area contributed by atoms with Crippen molar-refractivity contribution in [3.05, 3.63) is 0 Å². The molecule has 0 aromatic rings. The standard InChI is InChI=1S/C9H19N3O2.2C2H6/c1-8(13)7-12(9(14)6-10)5-4-11(2)3;2*1-2/h4-7,10H2,1-3H3;2*1-2H3. The van der Waals surface area contributed by atoms with Crippen molar-refractivity contribution in [3.63, 3.8) is 0 Å². The Balaban J connectivity index is -0.000000506. The van der Waals surface area contributed by atoms with E-state index in [4.69, 9.17) is 5.73 Å². The minimum atomic E-state index is -0.179. The molecule has 0 saturated heterocycles. The van der Waals surface area contributed by atoms with E-state index in [1.54, 1.807) is 0 Å². The van der Waals surface area contributed by atoms with Crippen LogP contribution in [0.25, 0.3) is 0 Å². The van der Waals surface area contributed by atoms with Gasteiger partial charge in [-0.25, -0.2) is 0 Å². The summed E-state index contributed by atoms with van der Waals surface area (Å²) >= 11 is 0. The zero-order valence-electron chi connectivity index (χ0n) is 13.1. The summed E-state index contributed by atoms with van der Waals surface area (Å²) in [5.41, 5.74) is 5.24. The molecule has 5 heteroatoms. The molecule has 0 aromatic heterocycles. The van der Waals surface area contributed by atoms with E-state index < -0.39 is 0 Å². The zero-order valence-corrected chi connectivity index (χ0v) is 13.1. The maximum atomic E-state index is 11.3. The largest absolute Gasteiger partial charge is 0.333 e. The van der Waals surface area contributed by atoms with Crippen LogP contribution in [0, 0.1) is 0 Å². The van der Waals surface area contributed by atoms with Gasteiger partial charge in [-0.2, -0.15) is 0 Å². The Kier molecular flexibility index (Phi) is 19.9. The fourth-order valence-electron chi connectivity index (χ4n) is 1.01. The number of hydrogen-bond donors (Lipinski definition) is 1. The number of nitrogens with zero attached hydrogens (tertiary/aromatic N) is 2. The lowest BCUT2D eigenvalue weighted by molar-refractivity contribution is -0.133. The van der Waals surface area contributed by atoms with Crippen molar-refractivity contribution in [2.75, 3.05) is 40.3 Å². The van der Waals surface area contributed by atoms with Gasteiger partial charge in [-0.05, 0) is 21.0 Å². The Morgan fingerprint density at radius 3 is 1.72 bits per heavy atom. The van der Waals surface area contributed by atoms with E-state index in [0.717, 1.165) is 6.54 Å². The minimum absolute atomic E-state index is 0.0226. The number of ketones is 1. The van der Waals surface area contributed by atoms with Gasteiger partial charge in [0.2, 0.25) is 5.91 Å². The van der Waals surface area contributed by atoms with Crippen LogP contribution in [0.5, 0.6) is 0 Å². The summed E-state index contributed by atoms with van der Waals surface area (Å²) in [7, 11) is 3.83. The van der Waals surface area contributed by atoms with Crippen LogP contribution in [0.3, 0.4) is 0 Å². The second-order valence-electron chi connectivity index (χ2n) is 3.52. The van der Waals surface area contributed by atoms with Gasteiger partial charge < -0.3 is 15.5 Å². The number of amides is 1. The molecule has 0 rings (SSSR count). The molecular formula is C13H31N3O2. The molecule has 2 N–H and O–H groups in total. The van der Waals surface area contributed by atoms with Crippen LogP contribution in [0.15, 0.2) is 0 Å². The first kappa shape index (κ1) is 22.3. The molecule has 0 bridgehead atoms. The molecule has 18 heavy (non-hydrogen) atoms. The van der Waals surface area contributed by atoms with Gasteiger partial charge in [0.15, 0.2) is 0 Å². The van der Waals surface area contributed by atoms with Gasteiger partial charge in [0, 0.05) is 13.1 Å². The summed E-state index contributed by atoms with van der Waals surface area (Å²) in [5, 5.41) is 0. The molecule has 0 spiro atoms. The third kappa shape index (κ3) is 15.1. The highest BCUT2D eigenvalue weighted by Crippen LogP contribution is 1.90. The molecule has 0 unspecified atom stereocenters. The number of carbonyl (C=O) groups excluding carboxylic acids is 2. The van der Waals surface area contributed by atoms with Gasteiger partial charge in [0.05, 0.1) is 13.1 Å². The van der Waals surface area contributed by atoms with Gasteiger partial charge in [-0.15, -0.1) is 0 Å². The van der Waals surface area contributed by atoms with Gasteiger partial charge in [-0.3, -0.25) is 9.59 Å². The molecule has 0 fully saturated rings. The molecule has 1 amide bonds. The first-order chi connectivity index (χ1) is 8.47. The predicted molar refractivity (Wildman–Crippen MR) is 77.6 cm³/mol. The molecule has 0 saturated carbocycles. The number of Topliss-reactive ketones (excluding diaryl/α,β-unsaturated/α-hetero) is 1. The number of hydrogen-bond acceptors (Lipinski definition) is 4. The lowest BCUT2D eigenvalue weighted by Crippen LogP contribution is -2.42. The molecule has 0 radical (unpaired) electrons. The predicted octanol–water partition coefficient (Wildman–Crippen LogP) is 0.977. The Hall–Kier alpha value is -0.940. The maximum Gasteiger partial charge on any atom is 0.236 e. The lowest BCUT2D eigenvalue weighted by Gasteiger charge is -2.22.